The quantitative estimate of drug-likeness (QED) is 0.747. The normalized spacial score (nSPS) is 14.2. The van der Waals surface area contributed by atoms with Crippen molar-refractivity contribution in [3.8, 4) is 0 Å². The number of para-hydroxylation sites is 2. The van der Waals surface area contributed by atoms with Crippen LogP contribution in [0.3, 0.4) is 0 Å². The van der Waals surface area contributed by atoms with Crippen LogP contribution >= 0.6 is 0 Å². The highest BCUT2D eigenvalue weighted by Crippen LogP contribution is 2.33. The third-order valence-electron chi connectivity index (χ3n) is 4.12. The number of carbonyl (C=O) groups is 1. The fourth-order valence-corrected chi connectivity index (χ4v) is 3.00. The summed E-state index contributed by atoms with van der Waals surface area (Å²) in [5.41, 5.74) is 4.37. The third kappa shape index (κ3) is 2.11. The Morgan fingerprint density at radius 3 is 2.39 bits per heavy atom. The first-order chi connectivity index (χ1) is 11.1. The van der Waals surface area contributed by atoms with Gasteiger partial charge in [-0.15, -0.1) is 0 Å². The second-order valence-electron chi connectivity index (χ2n) is 5.63. The highest BCUT2D eigenvalue weighted by atomic mass is 16.3. The van der Waals surface area contributed by atoms with Crippen molar-refractivity contribution in [1.82, 2.24) is 9.97 Å². The molecular weight excluding hydrogens is 288 g/mol. The molecule has 0 fully saturated rings. The lowest BCUT2D eigenvalue weighted by Crippen LogP contribution is -2.17. The lowest BCUT2D eigenvalue weighted by atomic mass is 9.87. The largest absolute Gasteiger partial charge is 0.506 e. The number of aliphatic hydroxyl groups excluding tert-OH is 1. The molecule has 4 heteroatoms. The first-order valence-electron chi connectivity index (χ1n) is 7.43. The molecule has 0 radical (unpaired) electrons. The number of aliphatic hydroxyl groups is 1. The Bertz CT molecular complexity index is 990. The van der Waals surface area contributed by atoms with Gasteiger partial charge in [0, 0.05) is 12.0 Å². The maximum Gasteiger partial charge on any atom is 0.173 e. The second kappa shape index (κ2) is 5.02. The van der Waals surface area contributed by atoms with Gasteiger partial charge < -0.3 is 5.11 Å². The van der Waals surface area contributed by atoms with E-state index in [0.717, 1.165) is 11.1 Å². The van der Waals surface area contributed by atoms with Crippen LogP contribution in [0, 0.1) is 6.92 Å². The van der Waals surface area contributed by atoms with Crippen molar-refractivity contribution in [1.29, 1.82) is 0 Å². The number of rotatable bonds is 1. The van der Waals surface area contributed by atoms with E-state index in [-0.39, 0.29) is 23.5 Å². The molecule has 0 spiro atoms. The summed E-state index contributed by atoms with van der Waals surface area (Å²) in [6.45, 7) is 1.81. The van der Waals surface area contributed by atoms with Crippen LogP contribution in [0.15, 0.2) is 48.5 Å². The molecule has 0 aliphatic heterocycles. The summed E-state index contributed by atoms with van der Waals surface area (Å²) in [7, 11) is 0. The van der Waals surface area contributed by atoms with Gasteiger partial charge in [-0.25, -0.2) is 9.97 Å². The maximum atomic E-state index is 12.6. The number of aryl methyl sites for hydroxylation is 1. The van der Waals surface area contributed by atoms with E-state index in [9.17, 15) is 9.90 Å². The van der Waals surface area contributed by atoms with Crippen molar-refractivity contribution in [3.63, 3.8) is 0 Å². The van der Waals surface area contributed by atoms with Crippen LogP contribution in [0.25, 0.3) is 22.4 Å². The summed E-state index contributed by atoms with van der Waals surface area (Å²) in [6, 6.07) is 14.9. The number of fused-ring (bicyclic) bond motifs is 2. The highest BCUT2D eigenvalue weighted by molar-refractivity contribution is 6.29. The van der Waals surface area contributed by atoms with Crippen molar-refractivity contribution in [2.75, 3.05) is 0 Å². The van der Waals surface area contributed by atoms with Gasteiger partial charge in [-0.1, -0.05) is 36.4 Å². The average Bonchev–Trinajstić information content (AvgIpc) is 2.55. The number of nitrogens with zero attached hydrogens (tertiary/aromatic N) is 2. The number of Topliss-reactive ketones (excluding diaryl/α,β-unsaturated/α-hetero) is 1. The molecule has 1 aromatic heterocycles. The fourth-order valence-electron chi connectivity index (χ4n) is 3.00. The Balaban J connectivity index is 2.00. The molecule has 0 amide bonds. The van der Waals surface area contributed by atoms with Gasteiger partial charge >= 0.3 is 0 Å². The van der Waals surface area contributed by atoms with Crippen molar-refractivity contribution in [2.45, 2.75) is 13.3 Å². The zero-order chi connectivity index (χ0) is 16.0. The van der Waals surface area contributed by atoms with Crippen molar-refractivity contribution >= 4 is 28.1 Å². The van der Waals surface area contributed by atoms with Crippen LogP contribution < -0.4 is 0 Å². The Morgan fingerprint density at radius 2 is 1.61 bits per heavy atom. The molecular formula is C19H14N2O2. The molecule has 0 atom stereocenters. The van der Waals surface area contributed by atoms with E-state index in [0.29, 0.717) is 22.5 Å². The highest BCUT2D eigenvalue weighted by Gasteiger charge is 2.28. The van der Waals surface area contributed by atoms with Crippen molar-refractivity contribution in [3.05, 3.63) is 71.0 Å². The van der Waals surface area contributed by atoms with Crippen LogP contribution in [-0.2, 0) is 11.2 Å². The molecule has 23 heavy (non-hydrogen) atoms. The molecule has 2 aromatic carbocycles. The number of ketones is 1. The predicted molar refractivity (Wildman–Crippen MR) is 88.9 cm³/mol. The number of allylic oxidation sites excluding steroid dienone is 1. The molecule has 4 nitrogen and oxygen atoms in total. The molecule has 0 bridgehead atoms. The fraction of sp³-hybridized carbons (Fsp3) is 0.105. The lowest BCUT2D eigenvalue weighted by molar-refractivity contribution is -0.113. The summed E-state index contributed by atoms with van der Waals surface area (Å²) in [5, 5.41) is 10.6. The van der Waals surface area contributed by atoms with Crippen LogP contribution in [0.2, 0.25) is 0 Å². The summed E-state index contributed by atoms with van der Waals surface area (Å²) < 4.78 is 0. The molecule has 0 saturated heterocycles. The molecule has 1 aliphatic rings. The molecule has 4 rings (SSSR count). The predicted octanol–water partition coefficient (Wildman–Crippen LogP) is 3.49. The molecule has 1 aliphatic carbocycles. The van der Waals surface area contributed by atoms with Crippen molar-refractivity contribution < 1.29 is 9.90 Å². The average molecular weight is 302 g/mol. The van der Waals surface area contributed by atoms with Crippen LogP contribution in [0.4, 0.5) is 0 Å². The number of carbonyl (C=O) groups excluding carboxylic acids is 1. The number of hydrogen-bond donors (Lipinski definition) is 1. The van der Waals surface area contributed by atoms with Gasteiger partial charge in [0.15, 0.2) is 5.78 Å². The van der Waals surface area contributed by atoms with Gasteiger partial charge in [0.1, 0.15) is 5.76 Å². The van der Waals surface area contributed by atoms with Crippen molar-refractivity contribution in [2.24, 2.45) is 0 Å². The summed E-state index contributed by atoms with van der Waals surface area (Å²) in [5.74, 6) is -0.140. The maximum absolute atomic E-state index is 12.6. The number of benzene rings is 2. The smallest absolute Gasteiger partial charge is 0.173 e. The van der Waals surface area contributed by atoms with Gasteiger partial charge in [-0.3, -0.25) is 4.79 Å². The van der Waals surface area contributed by atoms with E-state index < -0.39 is 0 Å². The van der Waals surface area contributed by atoms with Crippen LogP contribution in [0.1, 0.15) is 22.5 Å². The Hall–Kier alpha value is -3.01. The van der Waals surface area contributed by atoms with Gasteiger partial charge in [0.2, 0.25) is 0 Å². The Kier molecular flexibility index (Phi) is 2.98. The van der Waals surface area contributed by atoms with E-state index in [1.54, 1.807) is 0 Å². The second-order valence-corrected chi connectivity index (χ2v) is 5.63. The van der Waals surface area contributed by atoms with Gasteiger partial charge in [-0.05, 0) is 24.6 Å². The minimum Gasteiger partial charge on any atom is -0.506 e. The Morgan fingerprint density at radius 1 is 0.957 bits per heavy atom. The molecule has 3 aromatic rings. The summed E-state index contributed by atoms with van der Waals surface area (Å²) >= 11 is 0. The standard InChI is InChI=1S/C19H14N2O2/c1-11-18(21-15-9-5-4-8-14(15)20-11)17-16(22)10-12-6-2-3-7-13(12)19(17)23/h2-9,23H,10H2,1H3. The first kappa shape index (κ1) is 13.6. The molecule has 0 saturated carbocycles. The topological polar surface area (TPSA) is 63.1 Å². The molecule has 1 heterocycles. The zero-order valence-electron chi connectivity index (χ0n) is 12.6. The first-order valence-corrected chi connectivity index (χ1v) is 7.43. The van der Waals surface area contributed by atoms with Crippen LogP contribution in [-0.4, -0.2) is 20.9 Å². The van der Waals surface area contributed by atoms with Gasteiger partial charge in [0.25, 0.3) is 0 Å². The molecule has 0 unspecified atom stereocenters. The van der Waals surface area contributed by atoms with E-state index in [1.807, 2.05) is 55.5 Å². The number of hydrogen-bond acceptors (Lipinski definition) is 4. The Labute approximate surface area is 133 Å². The van der Waals surface area contributed by atoms with E-state index in [2.05, 4.69) is 9.97 Å². The third-order valence-corrected chi connectivity index (χ3v) is 4.12. The summed E-state index contributed by atoms with van der Waals surface area (Å²) in [6.07, 6.45) is 0.267. The minimum absolute atomic E-state index is 0.00969. The van der Waals surface area contributed by atoms with Gasteiger partial charge in [-0.2, -0.15) is 0 Å². The lowest BCUT2D eigenvalue weighted by Gasteiger charge is -2.19. The van der Waals surface area contributed by atoms with Crippen LogP contribution in [0.5, 0.6) is 0 Å². The zero-order valence-corrected chi connectivity index (χ0v) is 12.6. The molecule has 112 valence electrons. The van der Waals surface area contributed by atoms with Gasteiger partial charge in [0.05, 0.1) is 28.0 Å². The monoisotopic (exact) mass is 302 g/mol. The van der Waals surface area contributed by atoms with E-state index in [1.165, 1.54) is 0 Å². The number of aromatic nitrogens is 2. The van der Waals surface area contributed by atoms with E-state index in [4.69, 9.17) is 0 Å². The molecule has 1 N–H and O–H groups in total. The minimum atomic E-state index is -0.131. The summed E-state index contributed by atoms with van der Waals surface area (Å²) in [4.78, 5) is 21.7. The SMILES string of the molecule is Cc1nc2ccccc2nc1C1=C(O)c2ccccc2CC1=O. The van der Waals surface area contributed by atoms with E-state index >= 15 is 0 Å².